The first-order valence-electron chi connectivity index (χ1n) is 10.8. The summed E-state index contributed by atoms with van der Waals surface area (Å²) in [7, 11) is 1.44. The standard InChI is InChI=1S/C24H25N5O5S/c1-4-15-5-6-16(7-17(15)9-30)20-11-35-23(27-20)28-22(32)19(10-33-3)26-21(31)18-8-29(14-25-18)24(2)12-34-13-24/h4-9,11,14,19H,1,10,12-13H2,2-3H3,(H,26,31)(H,27,28,32)/t19-/m0/s1. The van der Waals surface area contributed by atoms with E-state index in [2.05, 4.69) is 27.2 Å². The van der Waals surface area contributed by atoms with Crippen molar-refractivity contribution in [2.24, 2.45) is 0 Å². The molecule has 0 spiro atoms. The number of methoxy groups -OCH3 is 1. The molecule has 4 rings (SSSR count). The maximum Gasteiger partial charge on any atom is 0.272 e. The summed E-state index contributed by atoms with van der Waals surface area (Å²) in [6, 6.07) is 4.37. The lowest BCUT2D eigenvalue weighted by atomic mass is 10.0. The van der Waals surface area contributed by atoms with Crippen molar-refractivity contribution in [1.29, 1.82) is 0 Å². The van der Waals surface area contributed by atoms with Crippen LogP contribution in [0.25, 0.3) is 17.3 Å². The fourth-order valence-corrected chi connectivity index (χ4v) is 4.26. The second-order valence-corrected chi connectivity index (χ2v) is 9.19. The quantitative estimate of drug-likeness (QED) is 0.414. The van der Waals surface area contributed by atoms with Crippen LogP contribution in [0, 0.1) is 0 Å². The lowest BCUT2D eigenvalue weighted by Gasteiger charge is -2.39. The van der Waals surface area contributed by atoms with Crippen LogP contribution in [0.1, 0.15) is 33.3 Å². The zero-order chi connectivity index (χ0) is 25.0. The molecule has 2 N–H and O–H groups in total. The monoisotopic (exact) mass is 495 g/mol. The number of aldehydes is 1. The van der Waals surface area contributed by atoms with Gasteiger partial charge in [0.05, 0.1) is 37.4 Å². The van der Waals surface area contributed by atoms with E-state index in [0.29, 0.717) is 29.6 Å². The molecule has 1 aliphatic heterocycles. The van der Waals surface area contributed by atoms with Crippen molar-refractivity contribution in [3.63, 3.8) is 0 Å². The Labute approximate surface area is 206 Å². The van der Waals surface area contributed by atoms with E-state index in [4.69, 9.17) is 9.47 Å². The van der Waals surface area contributed by atoms with Crippen LogP contribution in [0.4, 0.5) is 5.13 Å². The number of rotatable bonds is 10. The third kappa shape index (κ3) is 5.21. The number of benzene rings is 1. The summed E-state index contributed by atoms with van der Waals surface area (Å²) in [5.74, 6) is -0.969. The largest absolute Gasteiger partial charge is 0.382 e. The van der Waals surface area contributed by atoms with Crippen LogP contribution in [0.2, 0.25) is 0 Å². The van der Waals surface area contributed by atoms with Crippen molar-refractivity contribution in [2.45, 2.75) is 18.5 Å². The minimum absolute atomic E-state index is 0.0339. The van der Waals surface area contributed by atoms with Crippen LogP contribution >= 0.6 is 11.3 Å². The Morgan fingerprint density at radius 2 is 2.17 bits per heavy atom. The van der Waals surface area contributed by atoms with E-state index in [1.54, 1.807) is 36.1 Å². The van der Waals surface area contributed by atoms with Gasteiger partial charge in [0.25, 0.3) is 11.8 Å². The minimum atomic E-state index is -0.957. The number of hydrogen-bond acceptors (Lipinski definition) is 8. The number of hydrogen-bond donors (Lipinski definition) is 2. The Kier molecular flexibility index (Phi) is 7.20. The lowest BCUT2D eigenvalue weighted by molar-refractivity contribution is -0.119. The average molecular weight is 496 g/mol. The van der Waals surface area contributed by atoms with Crippen LogP contribution in [-0.4, -0.2) is 65.6 Å². The smallest absolute Gasteiger partial charge is 0.272 e. The molecule has 35 heavy (non-hydrogen) atoms. The molecule has 3 heterocycles. The number of anilines is 1. The SMILES string of the molecule is C=Cc1ccc(-c2csc(NC(=O)[C@H](COC)NC(=O)c3cn(C4(C)COC4)cn3)n2)cc1C=O. The first kappa shape index (κ1) is 24.5. The molecule has 1 saturated heterocycles. The number of ether oxygens (including phenoxy) is 2. The molecule has 2 aromatic heterocycles. The van der Waals surface area contributed by atoms with Gasteiger partial charge in [-0.1, -0.05) is 24.8 Å². The van der Waals surface area contributed by atoms with Crippen molar-refractivity contribution in [1.82, 2.24) is 19.9 Å². The lowest BCUT2D eigenvalue weighted by Crippen LogP contribution is -2.48. The van der Waals surface area contributed by atoms with Crippen molar-refractivity contribution in [3.05, 3.63) is 59.5 Å². The first-order chi connectivity index (χ1) is 16.9. The summed E-state index contributed by atoms with van der Waals surface area (Å²) in [4.78, 5) is 45.6. The number of amides is 2. The highest BCUT2D eigenvalue weighted by atomic mass is 32.1. The summed E-state index contributed by atoms with van der Waals surface area (Å²) in [6.07, 6.45) is 5.59. The molecule has 0 radical (unpaired) electrons. The van der Waals surface area contributed by atoms with Crippen molar-refractivity contribution < 1.29 is 23.9 Å². The predicted octanol–water partition coefficient (Wildman–Crippen LogP) is 2.59. The number of nitrogens with one attached hydrogen (secondary N) is 2. The van der Waals surface area contributed by atoms with E-state index in [1.807, 2.05) is 17.6 Å². The summed E-state index contributed by atoms with van der Waals surface area (Å²) in [5, 5.41) is 7.51. The second kappa shape index (κ2) is 10.3. The van der Waals surface area contributed by atoms with Gasteiger partial charge in [-0.15, -0.1) is 11.3 Å². The van der Waals surface area contributed by atoms with Crippen LogP contribution in [-0.2, 0) is 19.8 Å². The molecule has 11 heteroatoms. The number of carbonyl (C=O) groups is 3. The molecule has 1 aromatic carbocycles. The molecule has 0 aliphatic carbocycles. The zero-order valence-electron chi connectivity index (χ0n) is 19.3. The average Bonchev–Trinajstić information content (AvgIpc) is 3.52. The van der Waals surface area contributed by atoms with E-state index in [1.165, 1.54) is 18.4 Å². The van der Waals surface area contributed by atoms with Gasteiger partial charge in [-0.3, -0.25) is 14.4 Å². The van der Waals surface area contributed by atoms with Crippen molar-refractivity contribution >= 4 is 40.6 Å². The summed E-state index contributed by atoms with van der Waals surface area (Å²) in [5.41, 5.74) is 2.53. The molecule has 182 valence electrons. The van der Waals surface area contributed by atoms with Crippen LogP contribution < -0.4 is 10.6 Å². The molecular weight excluding hydrogens is 470 g/mol. The van der Waals surface area contributed by atoms with Gasteiger partial charge < -0.3 is 24.7 Å². The van der Waals surface area contributed by atoms with Gasteiger partial charge in [0.2, 0.25) is 0 Å². The van der Waals surface area contributed by atoms with Gasteiger partial charge in [0.15, 0.2) is 11.4 Å². The third-order valence-electron chi connectivity index (χ3n) is 5.68. The highest BCUT2D eigenvalue weighted by Gasteiger charge is 2.35. The highest BCUT2D eigenvalue weighted by molar-refractivity contribution is 7.14. The third-order valence-corrected chi connectivity index (χ3v) is 6.44. The minimum Gasteiger partial charge on any atom is -0.382 e. The molecule has 3 aromatic rings. The number of thiazole rings is 1. The van der Waals surface area contributed by atoms with E-state index < -0.39 is 17.9 Å². The molecule has 1 fully saturated rings. The fourth-order valence-electron chi connectivity index (χ4n) is 3.54. The first-order valence-corrected chi connectivity index (χ1v) is 11.7. The van der Waals surface area contributed by atoms with E-state index in [0.717, 1.165) is 17.4 Å². The van der Waals surface area contributed by atoms with E-state index >= 15 is 0 Å². The van der Waals surface area contributed by atoms with Crippen LogP contribution in [0.15, 0.2) is 42.7 Å². The topological polar surface area (TPSA) is 124 Å². The van der Waals surface area contributed by atoms with Gasteiger partial charge in [-0.05, 0) is 18.6 Å². The van der Waals surface area contributed by atoms with Crippen molar-refractivity contribution in [3.8, 4) is 11.3 Å². The number of carbonyl (C=O) groups excluding carboxylic acids is 3. The van der Waals surface area contributed by atoms with Crippen molar-refractivity contribution in [2.75, 3.05) is 32.2 Å². The van der Waals surface area contributed by atoms with Gasteiger partial charge in [-0.25, -0.2) is 9.97 Å². The van der Waals surface area contributed by atoms with Gasteiger partial charge >= 0.3 is 0 Å². The maximum absolute atomic E-state index is 12.9. The number of aromatic nitrogens is 3. The Morgan fingerprint density at radius 1 is 1.37 bits per heavy atom. The van der Waals surface area contributed by atoms with Crippen LogP contribution in [0.5, 0.6) is 0 Å². The van der Waals surface area contributed by atoms with E-state index in [9.17, 15) is 14.4 Å². The molecule has 0 unspecified atom stereocenters. The van der Waals surface area contributed by atoms with Gasteiger partial charge in [-0.2, -0.15) is 0 Å². The van der Waals surface area contributed by atoms with E-state index in [-0.39, 0.29) is 17.8 Å². The Bertz CT molecular complexity index is 1260. The normalized spacial score (nSPS) is 15.0. The number of nitrogens with zero attached hydrogens (tertiary/aromatic N) is 3. The molecule has 10 nitrogen and oxygen atoms in total. The maximum atomic E-state index is 12.9. The fraction of sp³-hybridized carbons (Fsp3) is 0.292. The molecule has 2 amide bonds. The molecular formula is C24H25N5O5S. The summed E-state index contributed by atoms with van der Waals surface area (Å²) >= 11 is 1.23. The van der Waals surface area contributed by atoms with Gasteiger partial charge in [0.1, 0.15) is 11.7 Å². The molecule has 1 atom stereocenters. The zero-order valence-corrected chi connectivity index (χ0v) is 20.1. The predicted molar refractivity (Wildman–Crippen MR) is 131 cm³/mol. The Morgan fingerprint density at radius 3 is 2.83 bits per heavy atom. The summed E-state index contributed by atoms with van der Waals surface area (Å²) < 4.78 is 12.2. The Balaban J connectivity index is 1.43. The van der Waals surface area contributed by atoms with Gasteiger partial charge in [0, 0.05) is 29.8 Å². The summed E-state index contributed by atoms with van der Waals surface area (Å²) in [6.45, 7) is 6.77. The number of imidazole rings is 1. The second-order valence-electron chi connectivity index (χ2n) is 8.33. The highest BCUT2D eigenvalue weighted by Crippen LogP contribution is 2.27. The molecule has 0 bridgehead atoms. The van der Waals surface area contributed by atoms with Crippen LogP contribution in [0.3, 0.4) is 0 Å². The molecule has 0 saturated carbocycles. The Hall–Kier alpha value is -3.67. The molecule has 1 aliphatic rings.